The summed E-state index contributed by atoms with van der Waals surface area (Å²) in [7, 11) is 0. The standard InChI is InChI=1S/C53H39NO/c1-2-3-4-5-7-19-43-37-42(31-36-46(43)39-16-8-6-9-17-39)38-27-32-44(33-28-38)54(50-24-15-26-52-53(50)49-22-12-13-25-51(49)55-52)45-34-29-41(30-35-45)48-23-14-20-40-18-10-11-21-47(40)48/h2-37H,1H3/b3-2-,5-4-,19-7+. The molecule has 2 nitrogen and oxygen atoms in total. The van der Waals surface area contributed by atoms with Crippen molar-refractivity contribution >= 4 is 55.8 Å². The van der Waals surface area contributed by atoms with E-state index in [4.69, 9.17) is 4.42 Å². The Labute approximate surface area is 322 Å². The molecular formula is C53H39NO. The zero-order valence-corrected chi connectivity index (χ0v) is 30.6. The minimum atomic E-state index is 0.868. The number of nitrogens with zero attached hydrogens (tertiary/aromatic N) is 1. The van der Waals surface area contributed by atoms with Crippen LogP contribution >= 0.6 is 0 Å². The van der Waals surface area contributed by atoms with E-state index in [0.29, 0.717) is 0 Å². The van der Waals surface area contributed by atoms with E-state index in [9.17, 15) is 0 Å². The zero-order valence-electron chi connectivity index (χ0n) is 30.6. The summed E-state index contributed by atoms with van der Waals surface area (Å²) in [6, 6.07) is 65.0. The molecule has 0 atom stereocenters. The van der Waals surface area contributed by atoms with E-state index in [1.807, 2.05) is 31.2 Å². The lowest BCUT2D eigenvalue weighted by atomic mass is 9.94. The van der Waals surface area contributed by atoms with Gasteiger partial charge in [-0.25, -0.2) is 0 Å². The van der Waals surface area contributed by atoms with Crippen LogP contribution in [-0.2, 0) is 0 Å². The molecule has 0 aliphatic rings. The monoisotopic (exact) mass is 705 g/mol. The molecule has 2 heteroatoms. The van der Waals surface area contributed by atoms with Gasteiger partial charge < -0.3 is 9.32 Å². The van der Waals surface area contributed by atoms with Crippen molar-refractivity contribution in [3.8, 4) is 33.4 Å². The molecule has 0 unspecified atom stereocenters. The minimum absolute atomic E-state index is 0.868. The highest BCUT2D eigenvalue weighted by atomic mass is 16.3. The van der Waals surface area contributed by atoms with Crippen molar-refractivity contribution in [2.24, 2.45) is 0 Å². The highest BCUT2D eigenvalue weighted by molar-refractivity contribution is 6.13. The molecule has 0 bridgehead atoms. The Bertz CT molecular complexity index is 2850. The largest absolute Gasteiger partial charge is 0.456 e. The molecule has 0 saturated carbocycles. The van der Waals surface area contributed by atoms with E-state index in [1.54, 1.807) is 0 Å². The normalized spacial score (nSPS) is 11.9. The van der Waals surface area contributed by atoms with Crippen molar-refractivity contribution in [2.45, 2.75) is 6.92 Å². The van der Waals surface area contributed by atoms with Gasteiger partial charge in [0.2, 0.25) is 0 Å². The Morgan fingerprint density at radius 3 is 1.85 bits per heavy atom. The van der Waals surface area contributed by atoms with Crippen molar-refractivity contribution in [1.82, 2.24) is 0 Å². The van der Waals surface area contributed by atoms with Gasteiger partial charge >= 0.3 is 0 Å². The first kappa shape index (κ1) is 33.7. The molecule has 0 amide bonds. The van der Waals surface area contributed by atoms with Gasteiger partial charge in [0.25, 0.3) is 0 Å². The number of fused-ring (bicyclic) bond motifs is 4. The Morgan fingerprint density at radius 2 is 1.05 bits per heavy atom. The fourth-order valence-corrected chi connectivity index (χ4v) is 7.60. The second-order valence-electron chi connectivity index (χ2n) is 13.6. The lowest BCUT2D eigenvalue weighted by molar-refractivity contribution is 0.669. The molecular weight excluding hydrogens is 667 g/mol. The fraction of sp³-hybridized carbons (Fsp3) is 0.0189. The number of furan rings is 1. The lowest BCUT2D eigenvalue weighted by Crippen LogP contribution is -2.10. The van der Waals surface area contributed by atoms with Gasteiger partial charge in [-0.2, -0.15) is 0 Å². The molecule has 0 aliphatic heterocycles. The van der Waals surface area contributed by atoms with Crippen molar-refractivity contribution in [3.05, 3.63) is 218 Å². The Balaban J connectivity index is 1.14. The highest BCUT2D eigenvalue weighted by Crippen LogP contribution is 2.44. The van der Waals surface area contributed by atoms with Gasteiger partial charge in [0.15, 0.2) is 0 Å². The molecule has 9 aromatic rings. The third kappa shape index (κ3) is 6.67. The van der Waals surface area contributed by atoms with Crippen LogP contribution in [0, 0.1) is 0 Å². The average molecular weight is 706 g/mol. The molecule has 0 spiro atoms. The third-order valence-corrected chi connectivity index (χ3v) is 10.2. The quantitative estimate of drug-likeness (QED) is 0.139. The average Bonchev–Trinajstić information content (AvgIpc) is 3.64. The minimum Gasteiger partial charge on any atom is -0.456 e. The molecule has 0 N–H and O–H groups in total. The maximum atomic E-state index is 6.37. The summed E-state index contributed by atoms with van der Waals surface area (Å²) in [5, 5.41) is 4.68. The number of hydrogen-bond acceptors (Lipinski definition) is 2. The smallest absolute Gasteiger partial charge is 0.137 e. The number of para-hydroxylation sites is 1. The number of hydrogen-bond donors (Lipinski definition) is 0. The predicted octanol–water partition coefficient (Wildman–Crippen LogP) is 15.4. The number of benzene rings is 8. The summed E-state index contributed by atoms with van der Waals surface area (Å²) in [6.45, 7) is 2.03. The van der Waals surface area contributed by atoms with Crippen LogP contribution in [0.5, 0.6) is 0 Å². The molecule has 0 radical (unpaired) electrons. The van der Waals surface area contributed by atoms with Crippen molar-refractivity contribution in [1.29, 1.82) is 0 Å². The van der Waals surface area contributed by atoms with Crippen LogP contribution < -0.4 is 4.90 Å². The molecule has 1 heterocycles. The first-order chi connectivity index (χ1) is 27.2. The second-order valence-corrected chi connectivity index (χ2v) is 13.6. The lowest BCUT2D eigenvalue weighted by Gasteiger charge is -2.27. The molecule has 0 aliphatic carbocycles. The van der Waals surface area contributed by atoms with Gasteiger partial charge in [-0.15, -0.1) is 0 Å². The fourth-order valence-electron chi connectivity index (χ4n) is 7.60. The first-order valence-electron chi connectivity index (χ1n) is 18.8. The van der Waals surface area contributed by atoms with Crippen molar-refractivity contribution < 1.29 is 4.42 Å². The maximum absolute atomic E-state index is 6.37. The van der Waals surface area contributed by atoms with Crippen molar-refractivity contribution in [2.75, 3.05) is 4.90 Å². The van der Waals surface area contributed by atoms with Gasteiger partial charge in [-0.1, -0.05) is 170 Å². The molecule has 9 rings (SSSR count). The van der Waals surface area contributed by atoms with E-state index in [0.717, 1.165) is 50.1 Å². The summed E-state index contributed by atoms with van der Waals surface area (Å²) >= 11 is 0. The topological polar surface area (TPSA) is 16.4 Å². The van der Waals surface area contributed by atoms with Crippen LogP contribution in [0.1, 0.15) is 12.5 Å². The molecule has 1 aromatic heterocycles. The highest BCUT2D eigenvalue weighted by Gasteiger charge is 2.20. The summed E-state index contributed by atoms with van der Waals surface area (Å²) in [5.74, 6) is 0. The van der Waals surface area contributed by atoms with Crippen LogP contribution in [0.3, 0.4) is 0 Å². The van der Waals surface area contributed by atoms with Gasteiger partial charge in [-0.05, 0) is 105 Å². The maximum Gasteiger partial charge on any atom is 0.137 e. The van der Waals surface area contributed by atoms with E-state index in [-0.39, 0.29) is 0 Å². The van der Waals surface area contributed by atoms with Gasteiger partial charge in [0.05, 0.1) is 11.1 Å². The van der Waals surface area contributed by atoms with Crippen LogP contribution in [0.2, 0.25) is 0 Å². The van der Waals surface area contributed by atoms with E-state index < -0.39 is 0 Å². The molecule has 0 saturated heterocycles. The third-order valence-electron chi connectivity index (χ3n) is 10.2. The van der Waals surface area contributed by atoms with Crippen molar-refractivity contribution in [3.63, 3.8) is 0 Å². The second kappa shape index (κ2) is 15.1. The van der Waals surface area contributed by atoms with Crippen LogP contribution in [-0.4, -0.2) is 0 Å². The molecule has 8 aromatic carbocycles. The van der Waals surface area contributed by atoms with E-state index in [2.05, 4.69) is 199 Å². The molecule has 55 heavy (non-hydrogen) atoms. The van der Waals surface area contributed by atoms with Crippen LogP contribution in [0.15, 0.2) is 217 Å². The van der Waals surface area contributed by atoms with Crippen LogP contribution in [0.4, 0.5) is 17.1 Å². The van der Waals surface area contributed by atoms with Gasteiger partial charge in [0, 0.05) is 16.8 Å². The Kier molecular flexibility index (Phi) is 9.22. The summed E-state index contributed by atoms with van der Waals surface area (Å²) < 4.78 is 6.37. The predicted molar refractivity (Wildman–Crippen MR) is 235 cm³/mol. The number of anilines is 3. The number of allylic oxidation sites excluding steroid dienone is 5. The van der Waals surface area contributed by atoms with E-state index in [1.165, 1.54) is 38.6 Å². The Morgan fingerprint density at radius 1 is 0.436 bits per heavy atom. The van der Waals surface area contributed by atoms with Gasteiger partial charge in [-0.3, -0.25) is 0 Å². The van der Waals surface area contributed by atoms with Gasteiger partial charge in [0.1, 0.15) is 11.2 Å². The molecule has 262 valence electrons. The summed E-state index contributed by atoms with van der Waals surface area (Å²) in [6.07, 6.45) is 12.5. The number of rotatable bonds is 9. The first-order valence-corrected chi connectivity index (χ1v) is 18.8. The SMILES string of the molecule is C\C=C/C=C\C=C\c1cc(-c2ccc(N(c3ccc(-c4cccc5ccccc45)cc3)c3cccc4oc5ccccc5c34)cc2)ccc1-c1ccccc1. The molecule has 0 fully saturated rings. The zero-order chi connectivity index (χ0) is 37.0. The Hall–Kier alpha value is -7.16. The summed E-state index contributed by atoms with van der Waals surface area (Å²) in [5.41, 5.74) is 13.3. The summed E-state index contributed by atoms with van der Waals surface area (Å²) in [4.78, 5) is 2.35. The van der Waals surface area contributed by atoms with E-state index >= 15 is 0 Å². The van der Waals surface area contributed by atoms with Crippen LogP contribution in [0.25, 0.3) is 72.2 Å².